The molecule has 0 bridgehead atoms. The molecule has 2 N–H and O–H groups in total. The van der Waals surface area contributed by atoms with E-state index in [9.17, 15) is 4.79 Å². The van der Waals surface area contributed by atoms with E-state index < -0.39 is 0 Å². The van der Waals surface area contributed by atoms with Crippen molar-refractivity contribution in [3.05, 3.63) is 17.9 Å². The topological polar surface area (TPSA) is 57.5 Å². The first-order valence-corrected chi connectivity index (χ1v) is 7.87. The molecule has 5 nitrogen and oxygen atoms in total. The molecule has 0 aliphatic carbocycles. The zero-order valence-corrected chi connectivity index (χ0v) is 12.1. The molecular weight excluding hydrogens is 262 g/mol. The van der Waals surface area contributed by atoms with Crippen molar-refractivity contribution in [2.24, 2.45) is 0 Å². The van der Waals surface area contributed by atoms with Crippen LogP contribution >= 0.6 is 11.8 Å². The summed E-state index contributed by atoms with van der Waals surface area (Å²) in [4.78, 5) is 14.2. The third kappa shape index (κ3) is 4.56. The number of nitrogens with one attached hydrogen (secondary N) is 2. The monoisotopic (exact) mass is 283 g/mol. The highest BCUT2D eigenvalue weighted by atomic mass is 32.2. The number of furan rings is 1. The lowest BCUT2D eigenvalue weighted by atomic mass is 10.3. The Bertz CT molecular complexity index is 402. The Labute approximate surface area is 118 Å². The van der Waals surface area contributed by atoms with Gasteiger partial charge in [0.25, 0.3) is 5.91 Å². The number of piperazine rings is 1. The van der Waals surface area contributed by atoms with E-state index in [1.165, 1.54) is 11.8 Å². The standard InChI is InChI=1S/C13H21N3O2S/c1-19-12-4-3-11(18-12)13(17)15-5-2-8-16-9-6-14-7-10-16/h3-4,14H,2,5-10H2,1H3,(H,15,17). The molecule has 2 heterocycles. The van der Waals surface area contributed by atoms with Crippen LogP contribution in [0.15, 0.2) is 21.6 Å². The molecule has 2 rings (SSSR count). The van der Waals surface area contributed by atoms with Crippen molar-refractivity contribution in [2.75, 3.05) is 45.5 Å². The van der Waals surface area contributed by atoms with Gasteiger partial charge in [-0.1, -0.05) is 11.8 Å². The highest BCUT2D eigenvalue weighted by molar-refractivity contribution is 7.98. The van der Waals surface area contributed by atoms with E-state index in [2.05, 4.69) is 15.5 Å². The predicted molar refractivity (Wildman–Crippen MR) is 76.7 cm³/mol. The van der Waals surface area contributed by atoms with Gasteiger partial charge in [-0.15, -0.1) is 0 Å². The Morgan fingerprint density at radius 2 is 2.26 bits per heavy atom. The number of amides is 1. The molecule has 1 aromatic heterocycles. The molecule has 19 heavy (non-hydrogen) atoms. The Kier molecular flexibility index (Phi) is 5.75. The van der Waals surface area contributed by atoms with Gasteiger partial charge in [0.05, 0.1) is 0 Å². The van der Waals surface area contributed by atoms with Gasteiger partial charge in [-0.05, 0) is 31.4 Å². The van der Waals surface area contributed by atoms with E-state index in [-0.39, 0.29) is 5.91 Å². The van der Waals surface area contributed by atoms with Crippen molar-refractivity contribution in [3.63, 3.8) is 0 Å². The molecule has 1 aliphatic rings. The molecule has 1 saturated heterocycles. The molecule has 0 saturated carbocycles. The maximum absolute atomic E-state index is 11.8. The number of thioether (sulfide) groups is 1. The van der Waals surface area contributed by atoms with Crippen molar-refractivity contribution in [3.8, 4) is 0 Å². The maximum Gasteiger partial charge on any atom is 0.287 e. The third-order valence-corrected chi connectivity index (χ3v) is 3.77. The molecule has 0 unspecified atom stereocenters. The van der Waals surface area contributed by atoms with Gasteiger partial charge in [-0.25, -0.2) is 0 Å². The highest BCUT2D eigenvalue weighted by Crippen LogP contribution is 2.17. The zero-order chi connectivity index (χ0) is 13.5. The molecule has 1 aromatic rings. The fourth-order valence-corrected chi connectivity index (χ4v) is 2.46. The number of carbonyl (C=O) groups is 1. The van der Waals surface area contributed by atoms with Gasteiger partial charge < -0.3 is 20.0 Å². The van der Waals surface area contributed by atoms with Gasteiger partial charge >= 0.3 is 0 Å². The normalized spacial score (nSPS) is 16.5. The van der Waals surface area contributed by atoms with Gasteiger partial charge in [-0.3, -0.25) is 4.79 Å². The minimum absolute atomic E-state index is 0.124. The summed E-state index contributed by atoms with van der Waals surface area (Å²) < 4.78 is 5.37. The lowest BCUT2D eigenvalue weighted by Crippen LogP contribution is -2.44. The molecule has 0 aromatic carbocycles. The molecule has 0 atom stereocenters. The molecule has 106 valence electrons. The molecule has 6 heteroatoms. The van der Waals surface area contributed by atoms with E-state index in [0.29, 0.717) is 12.3 Å². The molecule has 1 aliphatic heterocycles. The molecule has 0 radical (unpaired) electrons. The van der Waals surface area contributed by atoms with Gasteiger partial charge in [0.1, 0.15) is 0 Å². The second kappa shape index (κ2) is 7.57. The van der Waals surface area contributed by atoms with Gasteiger partial charge in [0, 0.05) is 32.7 Å². The summed E-state index contributed by atoms with van der Waals surface area (Å²) in [5.74, 6) is 0.270. The first-order valence-electron chi connectivity index (χ1n) is 6.64. The lowest BCUT2D eigenvalue weighted by Gasteiger charge is -2.26. The summed E-state index contributed by atoms with van der Waals surface area (Å²) in [6.07, 6.45) is 2.90. The van der Waals surface area contributed by atoms with Crippen molar-refractivity contribution >= 4 is 17.7 Å². The predicted octanol–water partition coefficient (Wildman–Crippen LogP) is 1.03. The zero-order valence-electron chi connectivity index (χ0n) is 11.3. The van der Waals surface area contributed by atoms with Crippen LogP contribution in [0.4, 0.5) is 0 Å². The van der Waals surface area contributed by atoms with E-state index in [1.54, 1.807) is 6.07 Å². The first kappa shape index (κ1) is 14.4. The van der Waals surface area contributed by atoms with Crippen LogP contribution in [0, 0.1) is 0 Å². The van der Waals surface area contributed by atoms with Crippen LogP contribution in [0.25, 0.3) is 0 Å². The number of carbonyl (C=O) groups excluding carboxylic acids is 1. The summed E-state index contributed by atoms with van der Waals surface area (Å²) in [5.41, 5.74) is 0. The lowest BCUT2D eigenvalue weighted by molar-refractivity contribution is 0.0918. The van der Waals surface area contributed by atoms with Crippen LogP contribution in [0.5, 0.6) is 0 Å². The van der Waals surface area contributed by atoms with Crippen molar-refractivity contribution < 1.29 is 9.21 Å². The number of rotatable bonds is 6. The van der Waals surface area contributed by atoms with Crippen molar-refractivity contribution in [2.45, 2.75) is 11.5 Å². The smallest absolute Gasteiger partial charge is 0.287 e. The number of nitrogens with zero attached hydrogens (tertiary/aromatic N) is 1. The van der Waals surface area contributed by atoms with Gasteiger partial charge in [-0.2, -0.15) is 0 Å². The summed E-state index contributed by atoms with van der Waals surface area (Å²) in [5, 5.41) is 6.99. The average molecular weight is 283 g/mol. The number of hydrogen-bond donors (Lipinski definition) is 2. The minimum Gasteiger partial charge on any atom is -0.445 e. The van der Waals surface area contributed by atoms with Crippen LogP contribution in [0.1, 0.15) is 17.0 Å². The second-order valence-electron chi connectivity index (χ2n) is 4.52. The van der Waals surface area contributed by atoms with Crippen molar-refractivity contribution in [1.29, 1.82) is 0 Å². The molecular formula is C13H21N3O2S. The molecule has 1 fully saturated rings. The summed E-state index contributed by atoms with van der Waals surface area (Å²) in [6, 6.07) is 3.54. The Morgan fingerprint density at radius 3 is 2.95 bits per heavy atom. The molecule has 0 spiro atoms. The quantitative estimate of drug-likeness (QED) is 0.603. The van der Waals surface area contributed by atoms with Crippen LogP contribution in [0.3, 0.4) is 0 Å². The summed E-state index contributed by atoms with van der Waals surface area (Å²) in [7, 11) is 0. The Morgan fingerprint density at radius 1 is 1.47 bits per heavy atom. The SMILES string of the molecule is CSc1ccc(C(=O)NCCCN2CCNCC2)o1. The largest absolute Gasteiger partial charge is 0.445 e. The van der Waals surface area contributed by atoms with E-state index in [4.69, 9.17) is 4.42 Å². The summed E-state index contributed by atoms with van der Waals surface area (Å²) >= 11 is 1.49. The van der Waals surface area contributed by atoms with E-state index in [0.717, 1.165) is 44.2 Å². The van der Waals surface area contributed by atoms with E-state index in [1.807, 2.05) is 12.3 Å². The van der Waals surface area contributed by atoms with Gasteiger partial charge in [0.2, 0.25) is 0 Å². The fourth-order valence-electron chi connectivity index (χ4n) is 2.08. The Hall–Kier alpha value is -0.980. The van der Waals surface area contributed by atoms with Crippen molar-refractivity contribution in [1.82, 2.24) is 15.5 Å². The average Bonchev–Trinajstić information content (AvgIpc) is 2.93. The van der Waals surface area contributed by atoms with Crippen LogP contribution in [-0.4, -0.2) is 56.3 Å². The second-order valence-corrected chi connectivity index (χ2v) is 5.33. The van der Waals surface area contributed by atoms with Crippen LogP contribution < -0.4 is 10.6 Å². The third-order valence-electron chi connectivity index (χ3n) is 3.15. The molecule has 1 amide bonds. The highest BCUT2D eigenvalue weighted by Gasteiger charge is 2.11. The van der Waals surface area contributed by atoms with E-state index >= 15 is 0 Å². The van der Waals surface area contributed by atoms with Crippen LogP contribution in [-0.2, 0) is 0 Å². The maximum atomic E-state index is 11.8. The number of hydrogen-bond acceptors (Lipinski definition) is 5. The first-order chi connectivity index (χ1) is 9.29. The van der Waals surface area contributed by atoms with Gasteiger partial charge in [0.15, 0.2) is 10.9 Å². The van der Waals surface area contributed by atoms with Crippen LogP contribution in [0.2, 0.25) is 0 Å². The minimum atomic E-state index is -0.124. The summed E-state index contributed by atoms with van der Waals surface area (Å²) in [6.45, 7) is 6.06. The Balaban J connectivity index is 1.63. The fraction of sp³-hybridized carbons (Fsp3) is 0.615.